The first-order valence-corrected chi connectivity index (χ1v) is 4.86. The fraction of sp³-hybridized carbons (Fsp3) is 0.667. The molecule has 0 aliphatic carbocycles. The first-order valence-electron chi connectivity index (χ1n) is 4.86. The van der Waals surface area contributed by atoms with E-state index in [0.29, 0.717) is 0 Å². The molecule has 1 heterocycles. The molecule has 1 aliphatic heterocycles. The Bertz CT molecular complexity index is 312. The molecule has 0 aromatic rings. The average molecular weight is 250 g/mol. The van der Waals surface area contributed by atoms with Crippen molar-refractivity contribution in [1.82, 2.24) is 0 Å². The van der Waals surface area contributed by atoms with E-state index in [1.807, 2.05) is 0 Å². The van der Waals surface area contributed by atoms with Crippen molar-refractivity contribution in [3.8, 4) is 0 Å². The number of esters is 1. The zero-order valence-corrected chi connectivity index (χ0v) is 8.81. The van der Waals surface area contributed by atoms with Crippen molar-refractivity contribution in [3.63, 3.8) is 0 Å². The lowest BCUT2D eigenvalue weighted by molar-refractivity contribution is -0.148. The molecule has 8 heteroatoms. The van der Waals surface area contributed by atoms with E-state index in [0.717, 1.165) is 0 Å². The van der Waals surface area contributed by atoms with Gasteiger partial charge in [-0.25, -0.2) is 4.79 Å². The highest BCUT2D eigenvalue weighted by Crippen LogP contribution is 2.24. The largest absolute Gasteiger partial charge is 0.499 e. The second-order valence-electron chi connectivity index (χ2n) is 3.44. The van der Waals surface area contributed by atoms with Crippen LogP contribution >= 0.6 is 0 Å². The molecule has 3 atom stereocenters. The summed E-state index contributed by atoms with van der Waals surface area (Å²) in [5.74, 6) is -2.28. The summed E-state index contributed by atoms with van der Waals surface area (Å²) in [5.41, 5.74) is 0. The van der Waals surface area contributed by atoms with Crippen LogP contribution in [0.2, 0.25) is 0 Å². The number of aliphatic hydroxyl groups excluding tert-OH is 5. The molecule has 0 fully saturated rings. The van der Waals surface area contributed by atoms with Gasteiger partial charge in [-0.2, -0.15) is 0 Å². The van der Waals surface area contributed by atoms with Gasteiger partial charge in [-0.1, -0.05) is 0 Å². The predicted octanol–water partition coefficient (Wildman–Crippen LogP) is -2.60. The highest BCUT2D eigenvalue weighted by atomic mass is 16.6. The van der Waals surface area contributed by atoms with E-state index < -0.39 is 43.3 Å². The lowest BCUT2D eigenvalue weighted by atomic mass is 10.2. The van der Waals surface area contributed by atoms with Gasteiger partial charge in [-0.05, 0) is 0 Å². The highest BCUT2D eigenvalue weighted by Gasteiger charge is 2.40. The Morgan fingerprint density at radius 1 is 1.29 bits per heavy atom. The third-order valence-electron chi connectivity index (χ3n) is 2.10. The van der Waals surface area contributed by atoms with Crippen molar-refractivity contribution in [2.45, 2.75) is 18.3 Å². The Kier molecular flexibility index (Phi) is 4.70. The smallest absolute Gasteiger partial charge is 0.378 e. The summed E-state index contributed by atoms with van der Waals surface area (Å²) in [6, 6.07) is 0. The SMILES string of the molecule is O=C1O[C@H]([C@H](O)CO)C(OC[C@@H](O)CO)=C1O. The van der Waals surface area contributed by atoms with Gasteiger partial charge < -0.3 is 35.0 Å². The summed E-state index contributed by atoms with van der Waals surface area (Å²) in [5, 5.41) is 44.9. The minimum Gasteiger partial charge on any atom is -0.499 e. The van der Waals surface area contributed by atoms with Crippen LogP contribution in [0.5, 0.6) is 0 Å². The Hall–Kier alpha value is -1.35. The molecule has 0 unspecified atom stereocenters. The zero-order chi connectivity index (χ0) is 13.0. The van der Waals surface area contributed by atoms with Crippen molar-refractivity contribution in [1.29, 1.82) is 0 Å². The van der Waals surface area contributed by atoms with E-state index in [2.05, 4.69) is 4.74 Å². The highest BCUT2D eigenvalue weighted by molar-refractivity contribution is 5.89. The van der Waals surface area contributed by atoms with E-state index in [1.165, 1.54) is 0 Å². The van der Waals surface area contributed by atoms with Gasteiger partial charge in [-0.15, -0.1) is 0 Å². The minimum absolute atomic E-state index is 0.371. The summed E-state index contributed by atoms with van der Waals surface area (Å²) in [4.78, 5) is 11.0. The molecule has 5 N–H and O–H groups in total. The van der Waals surface area contributed by atoms with Crippen LogP contribution in [-0.4, -0.2) is 69.6 Å². The first kappa shape index (κ1) is 13.7. The Labute approximate surface area is 96.3 Å². The van der Waals surface area contributed by atoms with E-state index in [-0.39, 0.29) is 12.4 Å². The van der Waals surface area contributed by atoms with E-state index in [9.17, 15) is 15.0 Å². The maximum Gasteiger partial charge on any atom is 0.378 e. The number of cyclic esters (lactones) is 1. The molecular formula is C9H14O8. The molecule has 0 aromatic carbocycles. The maximum atomic E-state index is 11.0. The second-order valence-corrected chi connectivity index (χ2v) is 3.44. The summed E-state index contributed by atoms with van der Waals surface area (Å²) >= 11 is 0. The van der Waals surface area contributed by atoms with Crippen LogP contribution in [0.25, 0.3) is 0 Å². The number of ether oxygens (including phenoxy) is 2. The average Bonchev–Trinajstić information content (AvgIpc) is 2.62. The summed E-state index contributed by atoms with van der Waals surface area (Å²) in [6.45, 7) is -1.64. The standard InChI is InChI=1S/C9H14O8/c10-1-4(12)3-16-8-6(14)9(15)17-7(8)5(13)2-11/h4-5,7,10-14H,1-3H2/t4-,5+,7+/m0/s1. The van der Waals surface area contributed by atoms with Crippen LogP contribution in [0.4, 0.5) is 0 Å². The minimum atomic E-state index is -1.44. The molecule has 0 radical (unpaired) electrons. The molecule has 98 valence electrons. The molecule has 0 amide bonds. The van der Waals surface area contributed by atoms with Crippen LogP contribution < -0.4 is 0 Å². The Balaban J connectivity index is 2.72. The normalized spacial score (nSPS) is 23.5. The lowest BCUT2D eigenvalue weighted by Gasteiger charge is -2.19. The molecule has 0 aromatic heterocycles. The maximum absolute atomic E-state index is 11.0. The van der Waals surface area contributed by atoms with Crippen molar-refractivity contribution in [2.24, 2.45) is 0 Å². The molecule has 0 bridgehead atoms. The quantitative estimate of drug-likeness (QED) is 0.324. The summed E-state index contributed by atoms with van der Waals surface area (Å²) < 4.78 is 9.44. The number of rotatable bonds is 6. The van der Waals surface area contributed by atoms with E-state index in [1.54, 1.807) is 0 Å². The Morgan fingerprint density at radius 3 is 2.47 bits per heavy atom. The van der Waals surface area contributed by atoms with E-state index in [4.69, 9.17) is 20.1 Å². The van der Waals surface area contributed by atoms with Gasteiger partial charge in [0, 0.05) is 0 Å². The molecule has 0 saturated carbocycles. The van der Waals surface area contributed by atoms with Crippen LogP contribution in [0.3, 0.4) is 0 Å². The zero-order valence-electron chi connectivity index (χ0n) is 8.81. The van der Waals surface area contributed by atoms with Crippen molar-refractivity contribution in [3.05, 3.63) is 11.5 Å². The third-order valence-corrected chi connectivity index (χ3v) is 2.10. The predicted molar refractivity (Wildman–Crippen MR) is 51.7 cm³/mol. The fourth-order valence-electron chi connectivity index (χ4n) is 1.20. The van der Waals surface area contributed by atoms with Gasteiger partial charge in [0.05, 0.1) is 13.2 Å². The summed E-state index contributed by atoms with van der Waals surface area (Å²) in [7, 11) is 0. The van der Waals surface area contributed by atoms with Gasteiger partial charge in [0.1, 0.15) is 18.8 Å². The molecule has 0 spiro atoms. The molecule has 1 aliphatic rings. The van der Waals surface area contributed by atoms with Crippen LogP contribution in [0.15, 0.2) is 11.5 Å². The number of carbonyl (C=O) groups excluding carboxylic acids is 1. The van der Waals surface area contributed by atoms with Gasteiger partial charge in [0.25, 0.3) is 0 Å². The van der Waals surface area contributed by atoms with Crippen molar-refractivity contribution >= 4 is 5.97 Å². The molecule has 17 heavy (non-hydrogen) atoms. The first-order chi connectivity index (χ1) is 8.01. The number of aliphatic hydroxyl groups is 5. The number of hydrogen-bond acceptors (Lipinski definition) is 8. The third kappa shape index (κ3) is 3.07. The van der Waals surface area contributed by atoms with Gasteiger partial charge in [0.15, 0.2) is 11.9 Å². The van der Waals surface area contributed by atoms with Crippen molar-refractivity contribution < 1.29 is 39.8 Å². The van der Waals surface area contributed by atoms with Gasteiger partial charge in [0.2, 0.25) is 5.76 Å². The molecule has 8 nitrogen and oxygen atoms in total. The van der Waals surface area contributed by atoms with Crippen LogP contribution in [0, 0.1) is 0 Å². The lowest BCUT2D eigenvalue weighted by Crippen LogP contribution is -2.33. The number of carbonyl (C=O) groups is 1. The topological polar surface area (TPSA) is 137 Å². The summed E-state index contributed by atoms with van der Waals surface area (Å²) in [6.07, 6.45) is -3.96. The molecule has 0 saturated heterocycles. The van der Waals surface area contributed by atoms with Gasteiger partial charge in [-0.3, -0.25) is 0 Å². The number of hydrogen-bond donors (Lipinski definition) is 5. The monoisotopic (exact) mass is 250 g/mol. The Morgan fingerprint density at radius 2 is 1.94 bits per heavy atom. The van der Waals surface area contributed by atoms with Crippen LogP contribution in [-0.2, 0) is 14.3 Å². The van der Waals surface area contributed by atoms with Crippen LogP contribution in [0.1, 0.15) is 0 Å². The van der Waals surface area contributed by atoms with E-state index >= 15 is 0 Å². The van der Waals surface area contributed by atoms with Crippen molar-refractivity contribution in [2.75, 3.05) is 19.8 Å². The molecule has 1 rings (SSSR count). The van der Waals surface area contributed by atoms with Gasteiger partial charge >= 0.3 is 5.97 Å². The second kappa shape index (κ2) is 5.82. The molecular weight excluding hydrogens is 236 g/mol. The fourth-order valence-corrected chi connectivity index (χ4v) is 1.20.